The number of anilines is 1. The zero-order chi connectivity index (χ0) is 19.2. The van der Waals surface area contributed by atoms with Gasteiger partial charge >= 0.3 is 0 Å². The van der Waals surface area contributed by atoms with Crippen LogP contribution in [0.1, 0.15) is 57.9 Å². The van der Waals surface area contributed by atoms with Crippen molar-refractivity contribution in [1.29, 1.82) is 0 Å². The molecule has 27 heavy (non-hydrogen) atoms. The maximum Gasteiger partial charge on any atom is 0.156 e. The number of hydrogen-bond acceptors (Lipinski definition) is 6. The Bertz CT molecular complexity index is 808. The second kappa shape index (κ2) is 7.43. The molecule has 1 saturated carbocycles. The van der Waals surface area contributed by atoms with Gasteiger partial charge in [-0.25, -0.2) is 13.8 Å². The SMILES string of the molecule is CCCCN(SN)C1CC2(C1)CN(c1ncnn3c(Cl)cc(C(C)C)c13)C2. The van der Waals surface area contributed by atoms with Gasteiger partial charge in [-0.3, -0.25) is 5.14 Å². The van der Waals surface area contributed by atoms with E-state index in [0.717, 1.165) is 31.0 Å². The molecule has 2 N–H and O–H groups in total. The van der Waals surface area contributed by atoms with Gasteiger partial charge in [0, 0.05) is 43.2 Å². The first-order chi connectivity index (χ1) is 13.0. The molecule has 1 saturated heterocycles. The predicted octanol–water partition coefficient (Wildman–Crippen LogP) is 4.10. The van der Waals surface area contributed by atoms with Crippen LogP contribution in [-0.4, -0.2) is 44.6 Å². The Kier molecular flexibility index (Phi) is 5.31. The summed E-state index contributed by atoms with van der Waals surface area (Å²) in [5.74, 6) is 1.40. The minimum absolute atomic E-state index is 0.384. The molecule has 8 heteroatoms. The van der Waals surface area contributed by atoms with Crippen LogP contribution < -0.4 is 10.0 Å². The van der Waals surface area contributed by atoms with Gasteiger partial charge in [-0.15, -0.1) is 0 Å². The van der Waals surface area contributed by atoms with E-state index in [2.05, 4.69) is 40.1 Å². The van der Waals surface area contributed by atoms with Crippen molar-refractivity contribution in [2.75, 3.05) is 24.5 Å². The van der Waals surface area contributed by atoms with Gasteiger partial charge in [0.1, 0.15) is 17.0 Å². The third-order valence-electron chi connectivity index (χ3n) is 6.11. The van der Waals surface area contributed by atoms with E-state index in [0.29, 0.717) is 22.5 Å². The van der Waals surface area contributed by atoms with Gasteiger partial charge in [-0.2, -0.15) is 5.10 Å². The summed E-state index contributed by atoms with van der Waals surface area (Å²) in [6.07, 6.45) is 6.51. The van der Waals surface area contributed by atoms with Crippen molar-refractivity contribution in [2.24, 2.45) is 10.6 Å². The Hall–Kier alpha value is -1.02. The summed E-state index contributed by atoms with van der Waals surface area (Å²) in [6, 6.07) is 2.65. The highest BCUT2D eigenvalue weighted by molar-refractivity contribution is 7.94. The minimum Gasteiger partial charge on any atom is -0.354 e. The summed E-state index contributed by atoms with van der Waals surface area (Å²) in [6.45, 7) is 9.82. The molecule has 2 aromatic heterocycles. The zero-order valence-corrected chi connectivity index (χ0v) is 17.9. The fraction of sp³-hybridized carbons (Fsp3) is 0.684. The highest BCUT2D eigenvalue weighted by atomic mass is 35.5. The summed E-state index contributed by atoms with van der Waals surface area (Å²) >= 11 is 7.82. The normalized spacial score (nSPS) is 19.3. The zero-order valence-electron chi connectivity index (χ0n) is 16.4. The van der Waals surface area contributed by atoms with Crippen LogP contribution in [-0.2, 0) is 0 Å². The lowest BCUT2D eigenvalue weighted by Gasteiger charge is -2.61. The molecule has 0 aromatic carbocycles. The molecule has 148 valence electrons. The number of rotatable bonds is 7. The van der Waals surface area contributed by atoms with Crippen LogP contribution in [0.25, 0.3) is 5.52 Å². The number of fused-ring (bicyclic) bond motifs is 1. The molecule has 1 aliphatic carbocycles. The van der Waals surface area contributed by atoms with Crippen LogP contribution in [0.2, 0.25) is 5.15 Å². The number of halogens is 1. The molecule has 2 fully saturated rings. The molecular weight excluding hydrogens is 380 g/mol. The maximum atomic E-state index is 6.40. The Labute approximate surface area is 170 Å². The number of nitrogens with two attached hydrogens (primary N) is 1. The van der Waals surface area contributed by atoms with Crippen LogP contribution in [0.3, 0.4) is 0 Å². The van der Waals surface area contributed by atoms with Crippen molar-refractivity contribution in [3.8, 4) is 0 Å². The Morgan fingerprint density at radius 3 is 2.78 bits per heavy atom. The Balaban J connectivity index is 1.47. The average Bonchev–Trinajstić information content (AvgIpc) is 2.93. The van der Waals surface area contributed by atoms with E-state index in [4.69, 9.17) is 16.7 Å². The van der Waals surface area contributed by atoms with Gasteiger partial charge in [0.05, 0.1) is 0 Å². The molecule has 1 spiro atoms. The molecule has 0 bridgehead atoms. The molecule has 0 amide bonds. The van der Waals surface area contributed by atoms with E-state index in [1.54, 1.807) is 6.33 Å². The number of nitrogens with zero attached hydrogens (tertiary/aromatic N) is 5. The van der Waals surface area contributed by atoms with Crippen molar-refractivity contribution >= 4 is 35.1 Å². The molecule has 6 nitrogen and oxygen atoms in total. The maximum absolute atomic E-state index is 6.40. The van der Waals surface area contributed by atoms with Crippen LogP contribution >= 0.6 is 23.7 Å². The monoisotopic (exact) mass is 408 g/mol. The standard InChI is InChI=1S/C19H29ClN6S/c1-4-5-6-25(27-21)14-8-19(9-14)10-24(11-19)18-17-15(13(2)3)7-16(20)26(17)23-12-22-18/h7,12-14H,4-6,8-11,21H2,1-3H3. The molecule has 1 aliphatic heterocycles. The molecule has 0 atom stereocenters. The van der Waals surface area contributed by atoms with Crippen molar-refractivity contribution in [3.05, 3.63) is 23.1 Å². The summed E-state index contributed by atoms with van der Waals surface area (Å²) in [5, 5.41) is 10.9. The summed E-state index contributed by atoms with van der Waals surface area (Å²) in [4.78, 5) is 7.01. The van der Waals surface area contributed by atoms with Gasteiger partial charge in [-0.1, -0.05) is 38.8 Å². The number of unbranched alkanes of at least 4 members (excludes halogenated alkanes) is 1. The van der Waals surface area contributed by atoms with Crippen molar-refractivity contribution in [3.63, 3.8) is 0 Å². The van der Waals surface area contributed by atoms with E-state index in [1.807, 2.05) is 10.6 Å². The van der Waals surface area contributed by atoms with Crippen molar-refractivity contribution in [1.82, 2.24) is 18.9 Å². The van der Waals surface area contributed by atoms with Crippen molar-refractivity contribution in [2.45, 2.75) is 58.4 Å². The molecular formula is C19H29ClN6S. The van der Waals surface area contributed by atoms with Crippen LogP contribution in [0.15, 0.2) is 12.4 Å². The largest absolute Gasteiger partial charge is 0.354 e. The molecule has 0 unspecified atom stereocenters. The van der Waals surface area contributed by atoms with E-state index in [9.17, 15) is 0 Å². The fourth-order valence-corrected chi connectivity index (χ4v) is 5.44. The molecule has 2 aromatic rings. The highest BCUT2D eigenvalue weighted by Gasteiger charge is 2.54. The van der Waals surface area contributed by atoms with Gasteiger partial charge in [0.25, 0.3) is 0 Å². The first kappa shape index (κ1) is 19.3. The molecule has 2 aliphatic rings. The third-order valence-corrected chi connectivity index (χ3v) is 7.13. The summed E-state index contributed by atoms with van der Waals surface area (Å²) in [7, 11) is 0. The van der Waals surface area contributed by atoms with Crippen molar-refractivity contribution < 1.29 is 0 Å². The second-order valence-electron chi connectivity index (χ2n) is 8.44. The van der Waals surface area contributed by atoms with Gasteiger partial charge in [-0.05, 0) is 36.8 Å². The minimum atomic E-state index is 0.384. The molecule has 3 heterocycles. The quantitative estimate of drug-likeness (QED) is 0.696. The van der Waals surface area contributed by atoms with E-state index >= 15 is 0 Å². The van der Waals surface area contributed by atoms with E-state index in [1.165, 1.54) is 43.4 Å². The Morgan fingerprint density at radius 1 is 1.41 bits per heavy atom. The Morgan fingerprint density at radius 2 is 2.15 bits per heavy atom. The lowest BCUT2D eigenvalue weighted by Crippen LogP contribution is -2.66. The van der Waals surface area contributed by atoms with E-state index < -0.39 is 0 Å². The number of aromatic nitrogens is 3. The molecule has 4 rings (SSSR count). The smallest absolute Gasteiger partial charge is 0.156 e. The summed E-state index contributed by atoms with van der Waals surface area (Å²) in [5.41, 5.74) is 2.71. The topological polar surface area (TPSA) is 62.7 Å². The van der Waals surface area contributed by atoms with Crippen LogP contribution in [0, 0.1) is 5.41 Å². The first-order valence-corrected chi connectivity index (χ1v) is 11.1. The fourth-order valence-electron chi connectivity index (χ4n) is 4.64. The van der Waals surface area contributed by atoms with Gasteiger partial charge < -0.3 is 4.90 Å². The molecule has 0 radical (unpaired) electrons. The predicted molar refractivity (Wildman–Crippen MR) is 113 cm³/mol. The average molecular weight is 409 g/mol. The lowest BCUT2D eigenvalue weighted by atomic mass is 9.60. The second-order valence-corrected chi connectivity index (χ2v) is 9.51. The van der Waals surface area contributed by atoms with Gasteiger partial charge in [0.2, 0.25) is 0 Å². The third kappa shape index (κ3) is 3.33. The van der Waals surface area contributed by atoms with Crippen LogP contribution in [0.5, 0.6) is 0 Å². The van der Waals surface area contributed by atoms with Gasteiger partial charge in [0.15, 0.2) is 5.82 Å². The highest BCUT2D eigenvalue weighted by Crippen LogP contribution is 2.52. The van der Waals surface area contributed by atoms with Crippen LogP contribution in [0.4, 0.5) is 5.82 Å². The first-order valence-electron chi connectivity index (χ1n) is 9.88. The summed E-state index contributed by atoms with van der Waals surface area (Å²) < 4.78 is 4.20. The lowest BCUT2D eigenvalue weighted by molar-refractivity contribution is 0.0167. The van der Waals surface area contributed by atoms with E-state index in [-0.39, 0.29) is 0 Å². The number of hydrogen-bond donors (Lipinski definition) is 1.